The molecule has 1 spiro atoms. The van der Waals surface area contributed by atoms with Gasteiger partial charge in [0, 0.05) is 36.8 Å². The topological polar surface area (TPSA) is 81.3 Å². The van der Waals surface area contributed by atoms with Crippen LogP contribution in [0.2, 0.25) is 0 Å². The van der Waals surface area contributed by atoms with Crippen LogP contribution < -0.4 is 5.73 Å². The number of nitrogens with zero attached hydrogens (tertiary/aromatic N) is 3. The summed E-state index contributed by atoms with van der Waals surface area (Å²) in [6.07, 6.45) is 5.83. The van der Waals surface area contributed by atoms with Gasteiger partial charge in [-0.05, 0) is 48.7 Å². The first-order valence-electron chi connectivity index (χ1n) is 9.84. The van der Waals surface area contributed by atoms with Gasteiger partial charge in [0.2, 0.25) is 0 Å². The van der Waals surface area contributed by atoms with Crippen LogP contribution in [-0.2, 0) is 16.8 Å². The van der Waals surface area contributed by atoms with Crippen LogP contribution in [0.3, 0.4) is 0 Å². The average molecular weight is 407 g/mol. The normalized spacial score (nSPS) is 17.9. The molecule has 2 aliphatic rings. The molecule has 5 heterocycles. The summed E-state index contributed by atoms with van der Waals surface area (Å²) in [5, 5.41) is 0. The van der Waals surface area contributed by atoms with Gasteiger partial charge in [-0.1, -0.05) is 6.07 Å². The zero-order valence-electron chi connectivity index (χ0n) is 16.0. The fraction of sp³-hybridized carbons (Fsp3) is 0.318. The van der Waals surface area contributed by atoms with Crippen LogP contribution in [0.5, 0.6) is 0 Å². The van der Waals surface area contributed by atoms with Gasteiger partial charge in [-0.25, -0.2) is 4.98 Å². The molecule has 5 rings (SSSR count). The van der Waals surface area contributed by atoms with E-state index in [0.717, 1.165) is 29.8 Å². The van der Waals surface area contributed by atoms with Gasteiger partial charge in [-0.2, -0.15) is 0 Å². The van der Waals surface area contributed by atoms with Gasteiger partial charge in [-0.15, -0.1) is 11.3 Å². The number of thiophene rings is 1. The predicted molar refractivity (Wildman–Crippen MR) is 113 cm³/mol. The summed E-state index contributed by atoms with van der Waals surface area (Å²) in [5.41, 5.74) is 8.37. The molecule has 7 heteroatoms. The number of hydrogen-bond donors (Lipinski definition) is 1. The van der Waals surface area contributed by atoms with Crippen LogP contribution in [0.15, 0.2) is 48.8 Å². The van der Waals surface area contributed by atoms with Crippen molar-refractivity contribution in [1.82, 2.24) is 14.9 Å². The number of nitrogen functional groups attached to an aromatic ring is 1. The molecule has 1 saturated heterocycles. The van der Waals surface area contributed by atoms with E-state index >= 15 is 0 Å². The number of pyridine rings is 2. The van der Waals surface area contributed by atoms with Crippen LogP contribution in [0.4, 0.5) is 5.82 Å². The Labute approximate surface area is 173 Å². The molecule has 0 bridgehead atoms. The average Bonchev–Trinajstić information content (AvgIpc) is 3.21. The van der Waals surface area contributed by atoms with E-state index in [4.69, 9.17) is 10.5 Å². The minimum absolute atomic E-state index is 0.0407. The van der Waals surface area contributed by atoms with Crippen molar-refractivity contribution >= 4 is 23.1 Å². The fourth-order valence-corrected chi connectivity index (χ4v) is 5.49. The van der Waals surface area contributed by atoms with Gasteiger partial charge < -0.3 is 15.4 Å². The summed E-state index contributed by atoms with van der Waals surface area (Å²) >= 11 is 1.78. The molecular weight excluding hydrogens is 384 g/mol. The molecule has 0 aromatic carbocycles. The van der Waals surface area contributed by atoms with E-state index in [9.17, 15) is 4.79 Å². The van der Waals surface area contributed by atoms with Crippen LogP contribution in [0.1, 0.15) is 33.6 Å². The van der Waals surface area contributed by atoms with Crippen molar-refractivity contribution in [3.63, 3.8) is 0 Å². The second kappa shape index (κ2) is 7.24. The van der Waals surface area contributed by atoms with Crippen molar-refractivity contribution in [3.05, 3.63) is 64.8 Å². The number of fused-ring (bicyclic) bond motifs is 2. The van der Waals surface area contributed by atoms with Gasteiger partial charge >= 0.3 is 0 Å². The number of piperidine rings is 1. The first-order chi connectivity index (χ1) is 14.1. The highest BCUT2D eigenvalue weighted by Gasteiger charge is 2.43. The zero-order chi connectivity index (χ0) is 19.8. The minimum atomic E-state index is -0.311. The Bertz CT molecular complexity index is 1040. The van der Waals surface area contributed by atoms with Crippen LogP contribution in [0.25, 0.3) is 10.6 Å². The molecule has 2 N–H and O–H groups in total. The van der Waals surface area contributed by atoms with Crippen LogP contribution in [-0.4, -0.2) is 40.5 Å². The van der Waals surface area contributed by atoms with Crippen molar-refractivity contribution in [1.29, 1.82) is 0 Å². The molecule has 0 atom stereocenters. The van der Waals surface area contributed by atoms with Gasteiger partial charge in [0.15, 0.2) is 0 Å². The monoisotopic (exact) mass is 406 g/mol. The maximum absolute atomic E-state index is 12.8. The third-order valence-corrected chi connectivity index (χ3v) is 7.01. The number of rotatable bonds is 2. The number of nitrogens with two attached hydrogens (primary N) is 1. The van der Waals surface area contributed by atoms with Crippen molar-refractivity contribution in [2.24, 2.45) is 0 Å². The highest BCUT2D eigenvalue weighted by atomic mass is 32.1. The van der Waals surface area contributed by atoms with Crippen LogP contribution >= 0.6 is 11.3 Å². The van der Waals surface area contributed by atoms with Gasteiger partial charge in [0.1, 0.15) is 5.82 Å². The Morgan fingerprint density at radius 1 is 1.21 bits per heavy atom. The second-order valence-corrected chi connectivity index (χ2v) is 8.66. The summed E-state index contributed by atoms with van der Waals surface area (Å²) in [7, 11) is 0. The quantitative estimate of drug-likeness (QED) is 0.705. The van der Waals surface area contributed by atoms with Gasteiger partial charge in [0.25, 0.3) is 5.91 Å². The number of hydrogen-bond acceptors (Lipinski definition) is 6. The van der Waals surface area contributed by atoms with Crippen molar-refractivity contribution in [3.8, 4) is 10.6 Å². The Morgan fingerprint density at radius 3 is 2.83 bits per heavy atom. The maximum Gasteiger partial charge on any atom is 0.255 e. The summed E-state index contributed by atoms with van der Waals surface area (Å²) in [6.45, 7) is 2.07. The third-order valence-electron chi connectivity index (χ3n) is 5.80. The molecule has 0 aliphatic carbocycles. The Morgan fingerprint density at radius 2 is 2.07 bits per heavy atom. The third kappa shape index (κ3) is 3.30. The van der Waals surface area contributed by atoms with Gasteiger partial charge in [-0.3, -0.25) is 9.78 Å². The molecule has 3 aromatic rings. The largest absolute Gasteiger partial charge is 0.384 e. The molecule has 6 nitrogen and oxygen atoms in total. The van der Waals surface area contributed by atoms with Gasteiger partial charge in [0.05, 0.1) is 28.3 Å². The summed E-state index contributed by atoms with van der Waals surface area (Å²) in [6, 6.07) is 11.6. The number of carbonyl (C=O) groups is 1. The first-order valence-corrected chi connectivity index (χ1v) is 10.7. The lowest BCUT2D eigenvalue weighted by atomic mass is 9.82. The van der Waals surface area contributed by atoms with Crippen molar-refractivity contribution < 1.29 is 9.53 Å². The molecule has 3 aromatic heterocycles. The molecule has 2 aliphatic heterocycles. The molecule has 0 saturated carbocycles. The van der Waals surface area contributed by atoms with E-state index < -0.39 is 0 Å². The SMILES string of the molecule is Nc1cccc(-c2cc3c(s2)CCOC32CCN(C(=O)c3cccnc3)CC2)n1. The Kier molecular flexibility index (Phi) is 4.56. The van der Waals surface area contributed by atoms with Crippen molar-refractivity contribution in [2.75, 3.05) is 25.4 Å². The molecule has 1 fully saturated rings. The van der Waals surface area contributed by atoms with E-state index in [1.165, 1.54) is 10.4 Å². The van der Waals surface area contributed by atoms with Crippen molar-refractivity contribution in [2.45, 2.75) is 24.9 Å². The fourth-order valence-electron chi connectivity index (χ4n) is 4.29. The minimum Gasteiger partial charge on any atom is -0.384 e. The zero-order valence-corrected chi connectivity index (χ0v) is 16.8. The number of carbonyl (C=O) groups excluding carboxylic acids is 1. The summed E-state index contributed by atoms with van der Waals surface area (Å²) in [4.78, 5) is 25.7. The lowest BCUT2D eigenvalue weighted by molar-refractivity contribution is -0.0926. The number of aromatic nitrogens is 2. The van der Waals surface area contributed by atoms with E-state index in [1.807, 2.05) is 23.1 Å². The second-order valence-electron chi connectivity index (χ2n) is 7.52. The highest BCUT2D eigenvalue weighted by molar-refractivity contribution is 7.15. The van der Waals surface area contributed by atoms with E-state index in [2.05, 4.69) is 16.0 Å². The van der Waals surface area contributed by atoms with Crippen LogP contribution in [0, 0.1) is 0 Å². The lowest BCUT2D eigenvalue weighted by Gasteiger charge is -2.44. The van der Waals surface area contributed by atoms with E-state index in [-0.39, 0.29) is 11.5 Å². The Balaban J connectivity index is 1.39. The lowest BCUT2D eigenvalue weighted by Crippen LogP contribution is -2.48. The smallest absolute Gasteiger partial charge is 0.255 e. The Hall–Kier alpha value is -2.77. The highest BCUT2D eigenvalue weighted by Crippen LogP contribution is 2.46. The molecule has 0 radical (unpaired) electrons. The standard InChI is InChI=1S/C22H22N4O2S/c23-20-5-1-4-17(25-20)19-13-16-18(29-19)6-12-28-22(16)7-10-26(11-8-22)21(27)15-3-2-9-24-14-15/h1-5,9,13-14H,6-8,10-12H2,(H2,23,25). The molecule has 1 amide bonds. The summed E-state index contributed by atoms with van der Waals surface area (Å²) in [5.74, 6) is 0.570. The number of ether oxygens (including phenoxy) is 1. The number of amides is 1. The predicted octanol–water partition coefficient (Wildman–Crippen LogP) is 3.49. The molecular formula is C22H22N4O2S. The van der Waals surface area contributed by atoms with E-state index in [1.54, 1.807) is 35.9 Å². The molecule has 0 unspecified atom stereocenters. The van der Waals surface area contributed by atoms with E-state index in [0.29, 0.717) is 31.1 Å². The number of anilines is 1. The summed E-state index contributed by atoms with van der Waals surface area (Å²) < 4.78 is 6.35. The maximum atomic E-state index is 12.8. The molecule has 29 heavy (non-hydrogen) atoms. The molecule has 148 valence electrons. The number of likely N-dealkylation sites (tertiary alicyclic amines) is 1. The first kappa shape index (κ1) is 18.3.